The van der Waals surface area contributed by atoms with Gasteiger partial charge in [0.15, 0.2) is 6.61 Å². The van der Waals surface area contributed by atoms with Gasteiger partial charge in [-0.05, 0) is 61.2 Å². The molecular weight excluding hydrogens is 386 g/mol. The first-order chi connectivity index (χ1) is 14.6. The lowest BCUT2D eigenvalue weighted by molar-refractivity contribution is -0.124. The average Bonchev–Trinajstić information content (AvgIpc) is 3.30. The van der Waals surface area contributed by atoms with E-state index < -0.39 is 5.97 Å². The van der Waals surface area contributed by atoms with Gasteiger partial charge in [-0.15, -0.1) is 0 Å². The molecule has 0 bridgehead atoms. The normalized spacial score (nSPS) is 15.4. The molecule has 0 radical (unpaired) electrons. The van der Waals surface area contributed by atoms with E-state index in [0.29, 0.717) is 30.9 Å². The van der Waals surface area contributed by atoms with Crippen LogP contribution < -0.4 is 14.8 Å². The third-order valence-electron chi connectivity index (χ3n) is 4.78. The first-order valence-electron chi connectivity index (χ1n) is 10.1. The Labute approximate surface area is 176 Å². The van der Waals surface area contributed by atoms with E-state index >= 15 is 0 Å². The van der Waals surface area contributed by atoms with E-state index in [0.717, 1.165) is 30.8 Å². The highest BCUT2D eigenvalue weighted by atomic mass is 16.5. The van der Waals surface area contributed by atoms with Crippen molar-refractivity contribution in [3.63, 3.8) is 0 Å². The minimum absolute atomic E-state index is 0.137. The number of hydrogen-bond acceptors (Lipinski definition) is 6. The Morgan fingerprint density at radius 3 is 2.47 bits per heavy atom. The van der Waals surface area contributed by atoms with Crippen LogP contribution in [0.5, 0.6) is 11.5 Å². The number of rotatable bonds is 10. The van der Waals surface area contributed by atoms with E-state index in [9.17, 15) is 9.59 Å². The highest BCUT2D eigenvalue weighted by Crippen LogP contribution is 2.17. The van der Waals surface area contributed by atoms with Crippen LogP contribution in [0.1, 0.15) is 28.8 Å². The van der Waals surface area contributed by atoms with Crippen LogP contribution in [0.15, 0.2) is 48.5 Å². The van der Waals surface area contributed by atoms with Gasteiger partial charge in [-0.1, -0.05) is 12.1 Å². The van der Waals surface area contributed by atoms with E-state index in [1.807, 2.05) is 24.3 Å². The zero-order valence-corrected chi connectivity index (χ0v) is 17.1. The molecule has 2 aromatic carbocycles. The van der Waals surface area contributed by atoms with E-state index in [4.69, 9.17) is 18.9 Å². The molecule has 160 valence electrons. The number of esters is 1. The average molecular weight is 413 g/mol. The van der Waals surface area contributed by atoms with E-state index in [1.54, 1.807) is 31.4 Å². The largest absolute Gasteiger partial charge is 0.497 e. The van der Waals surface area contributed by atoms with Crippen molar-refractivity contribution in [2.75, 3.05) is 33.5 Å². The molecule has 30 heavy (non-hydrogen) atoms. The number of benzene rings is 2. The van der Waals surface area contributed by atoms with Crippen molar-refractivity contribution in [3.8, 4) is 11.5 Å². The van der Waals surface area contributed by atoms with Gasteiger partial charge in [-0.25, -0.2) is 4.79 Å². The highest BCUT2D eigenvalue weighted by molar-refractivity contribution is 5.91. The van der Waals surface area contributed by atoms with Gasteiger partial charge in [-0.3, -0.25) is 4.79 Å². The van der Waals surface area contributed by atoms with E-state index in [2.05, 4.69) is 5.32 Å². The van der Waals surface area contributed by atoms with E-state index in [1.165, 1.54) is 0 Å². The molecule has 1 fully saturated rings. The summed E-state index contributed by atoms with van der Waals surface area (Å²) in [6, 6.07) is 14.3. The van der Waals surface area contributed by atoms with Crippen LogP contribution in [0.4, 0.5) is 0 Å². The summed E-state index contributed by atoms with van der Waals surface area (Å²) in [4.78, 5) is 24.0. The summed E-state index contributed by atoms with van der Waals surface area (Å²) >= 11 is 0. The number of amides is 1. The molecule has 1 saturated heterocycles. The van der Waals surface area contributed by atoms with Gasteiger partial charge in [0.1, 0.15) is 18.1 Å². The molecule has 0 saturated carbocycles. The monoisotopic (exact) mass is 413 g/mol. The summed E-state index contributed by atoms with van der Waals surface area (Å²) in [5.41, 5.74) is 1.44. The molecular formula is C23H27NO6. The first-order valence-corrected chi connectivity index (χ1v) is 10.1. The van der Waals surface area contributed by atoms with Gasteiger partial charge in [0.25, 0.3) is 5.91 Å². The minimum Gasteiger partial charge on any atom is -0.497 e. The lowest BCUT2D eigenvalue weighted by Crippen LogP contribution is -2.30. The maximum Gasteiger partial charge on any atom is 0.338 e. The van der Waals surface area contributed by atoms with Crippen molar-refractivity contribution in [3.05, 3.63) is 59.7 Å². The molecule has 2 aromatic rings. The van der Waals surface area contributed by atoms with Gasteiger partial charge in [0.05, 0.1) is 18.8 Å². The fourth-order valence-electron chi connectivity index (χ4n) is 3.06. The summed E-state index contributed by atoms with van der Waals surface area (Å²) in [5.74, 6) is 0.565. The smallest absolute Gasteiger partial charge is 0.338 e. The van der Waals surface area contributed by atoms with Crippen LogP contribution in [0, 0.1) is 0 Å². The van der Waals surface area contributed by atoms with Gasteiger partial charge in [-0.2, -0.15) is 0 Å². The van der Waals surface area contributed by atoms with Gasteiger partial charge < -0.3 is 24.3 Å². The zero-order valence-electron chi connectivity index (χ0n) is 17.1. The van der Waals surface area contributed by atoms with Crippen LogP contribution in [-0.2, 0) is 20.7 Å². The molecule has 0 spiro atoms. The second kappa shape index (κ2) is 11.2. The molecule has 0 aromatic heterocycles. The molecule has 0 aliphatic carbocycles. The standard InChI is InChI=1S/C23H27NO6/c1-27-19-8-4-17(5-9-19)12-13-24-22(25)16-30-23(26)18-6-10-20(11-7-18)29-15-21-3-2-14-28-21/h4-11,21H,2-3,12-16H2,1H3,(H,24,25). The lowest BCUT2D eigenvalue weighted by atomic mass is 10.1. The van der Waals surface area contributed by atoms with Crippen LogP contribution in [-0.4, -0.2) is 51.5 Å². The number of carbonyl (C=O) groups excluding carboxylic acids is 2. The molecule has 1 unspecified atom stereocenters. The second-order valence-electron chi connectivity index (χ2n) is 6.99. The summed E-state index contributed by atoms with van der Waals surface area (Å²) in [6.07, 6.45) is 2.88. The zero-order chi connectivity index (χ0) is 21.2. The molecule has 7 heteroatoms. The third-order valence-corrected chi connectivity index (χ3v) is 4.78. The van der Waals surface area contributed by atoms with Crippen molar-refractivity contribution in [2.24, 2.45) is 0 Å². The summed E-state index contributed by atoms with van der Waals surface area (Å²) in [7, 11) is 1.62. The number of ether oxygens (including phenoxy) is 4. The maximum atomic E-state index is 12.1. The van der Waals surface area contributed by atoms with Crippen molar-refractivity contribution < 1.29 is 28.5 Å². The quantitative estimate of drug-likeness (QED) is 0.603. The number of nitrogens with one attached hydrogen (secondary N) is 1. The van der Waals surface area contributed by atoms with Crippen molar-refractivity contribution >= 4 is 11.9 Å². The number of hydrogen-bond donors (Lipinski definition) is 1. The summed E-state index contributed by atoms with van der Waals surface area (Å²) in [5, 5.41) is 2.74. The highest BCUT2D eigenvalue weighted by Gasteiger charge is 2.16. The molecule has 1 N–H and O–H groups in total. The van der Waals surface area contributed by atoms with E-state index in [-0.39, 0.29) is 18.6 Å². The van der Waals surface area contributed by atoms with Gasteiger partial charge >= 0.3 is 5.97 Å². The summed E-state index contributed by atoms with van der Waals surface area (Å²) < 4.78 is 21.4. The van der Waals surface area contributed by atoms with Gasteiger partial charge in [0.2, 0.25) is 0 Å². The van der Waals surface area contributed by atoms with Gasteiger partial charge in [0, 0.05) is 13.2 Å². The summed E-state index contributed by atoms with van der Waals surface area (Å²) in [6.45, 7) is 1.42. The fraction of sp³-hybridized carbons (Fsp3) is 0.391. The SMILES string of the molecule is COc1ccc(CCNC(=O)COC(=O)c2ccc(OCC3CCCO3)cc2)cc1. The Balaban J connectivity index is 1.34. The molecule has 1 atom stereocenters. The third kappa shape index (κ3) is 6.77. The lowest BCUT2D eigenvalue weighted by Gasteiger charge is -2.11. The Morgan fingerprint density at radius 2 is 1.80 bits per heavy atom. The van der Waals surface area contributed by atoms with Crippen molar-refractivity contribution in [1.29, 1.82) is 0 Å². The fourth-order valence-corrected chi connectivity index (χ4v) is 3.06. The van der Waals surface area contributed by atoms with Crippen LogP contribution >= 0.6 is 0 Å². The Hall–Kier alpha value is -3.06. The Morgan fingerprint density at radius 1 is 1.07 bits per heavy atom. The number of methoxy groups -OCH3 is 1. The van der Waals surface area contributed by atoms with Crippen LogP contribution in [0.2, 0.25) is 0 Å². The van der Waals surface area contributed by atoms with Crippen molar-refractivity contribution in [2.45, 2.75) is 25.4 Å². The first kappa shape index (κ1) is 21.6. The Bertz CT molecular complexity index is 813. The minimum atomic E-state index is -0.550. The second-order valence-corrected chi connectivity index (χ2v) is 6.99. The van der Waals surface area contributed by atoms with Crippen LogP contribution in [0.3, 0.4) is 0 Å². The predicted molar refractivity (Wildman–Crippen MR) is 111 cm³/mol. The molecule has 7 nitrogen and oxygen atoms in total. The molecule has 3 rings (SSSR count). The Kier molecular flexibility index (Phi) is 8.09. The number of carbonyl (C=O) groups is 2. The van der Waals surface area contributed by atoms with Crippen LogP contribution in [0.25, 0.3) is 0 Å². The molecule has 1 aliphatic heterocycles. The topological polar surface area (TPSA) is 83.1 Å². The maximum absolute atomic E-state index is 12.1. The predicted octanol–water partition coefficient (Wildman–Crippen LogP) is 2.77. The van der Waals surface area contributed by atoms with Crippen molar-refractivity contribution in [1.82, 2.24) is 5.32 Å². The molecule has 1 amide bonds. The molecule has 1 aliphatic rings. The molecule has 1 heterocycles.